The third kappa shape index (κ3) is 7.01. The Hall–Kier alpha value is -0.0562. The van der Waals surface area contributed by atoms with E-state index in [1.165, 1.54) is 0 Å². The van der Waals surface area contributed by atoms with E-state index >= 15 is 0 Å². The Balaban J connectivity index is 4.38. The number of hydrogen-bond acceptors (Lipinski definition) is 5. The summed E-state index contributed by atoms with van der Waals surface area (Å²) in [6.45, 7) is 8.06. The maximum atomic E-state index is 12.5. The van der Waals surface area contributed by atoms with E-state index in [2.05, 4.69) is 0 Å². The van der Waals surface area contributed by atoms with Crippen LogP contribution in [0.15, 0.2) is 0 Å². The summed E-state index contributed by atoms with van der Waals surface area (Å²) in [5.41, 5.74) is 0. The van der Waals surface area contributed by atoms with E-state index < -0.39 is 17.1 Å². The fourth-order valence-corrected chi connectivity index (χ4v) is 5.37. The van der Waals surface area contributed by atoms with Crippen molar-refractivity contribution in [2.24, 2.45) is 11.8 Å². The molecule has 0 aliphatic rings. The van der Waals surface area contributed by atoms with Crippen LogP contribution in [0.1, 0.15) is 26.7 Å². The van der Waals surface area contributed by atoms with Crippen LogP contribution in [0.4, 0.5) is 0 Å². The molecule has 0 saturated carbocycles. The molecule has 0 amide bonds. The molecule has 0 heterocycles. The smallest absolute Gasteiger partial charge is 0.334 e. The zero-order chi connectivity index (χ0) is 17.4. The second-order valence-corrected chi connectivity index (χ2v) is 13.5. The van der Waals surface area contributed by atoms with Crippen LogP contribution in [-0.4, -0.2) is 51.3 Å². The minimum absolute atomic E-state index is 0.0325. The first kappa shape index (κ1) is 21.9. The Morgan fingerprint density at radius 3 is 1.27 bits per heavy atom. The highest BCUT2D eigenvalue weighted by molar-refractivity contribution is 6.66. The van der Waals surface area contributed by atoms with Crippen molar-refractivity contribution in [1.82, 2.24) is 0 Å². The Bertz CT molecular complexity index is 300. The normalized spacial score (nSPS) is 15.6. The van der Waals surface area contributed by atoms with E-state index in [-0.39, 0.29) is 11.8 Å². The molecule has 0 bridgehead atoms. The van der Waals surface area contributed by atoms with Gasteiger partial charge in [0.25, 0.3) is 0 Å². The fraction of sp³-hybridized carbons (Fsp3) is 0.933. The molecule has 2 unspecified atom stereocenters. The van der Waals surface area contributed by atoms with Gasteiger partial charge in [0.2, 0.25) is 0 Å². The highest BCUT2D eigenvalue weighted by atomic mass is 28.4. The van der Waals surface area contributed by atoms with Gasteiger partial charge in [-0.2, -0.15) is 0 Å². The van der Waals surface area contributed by atoms with Gasteiger partial charge in [0.05, 0.1) is 0 Å². The lowest BCUT2D eigenvalue weighted by atomic mass is 9.92. The molecule has 132 valence electrons. The highest BCUT2D eigenvalue weighted by Gasteiger charge is 2.33. The molecule has 5 nitrogen and oxygen atoms in total. The number of Topliss-reactive ketones (excluding diaryl/α,β-unsaturated/α-hetero) is 1. The van der Waals surface area contributed by atoms with Gasteiger partial charge >= 0.3 is 17.1 Å². The van der Waals surface area contributed by atoms with Gasteiger partial charge in [-0.15, -0.1) is 0 Å². The van der Waals surface area contributed by atoms with E-state index in [4.69, 9.17) is 17.7 Å². The molecule has 7 heteroatoms. The zero-order valence-corrected chi connectivity index (χ0v) is 17.5. The number of carbonyl (C=O) groups excluding carboxylic acids is 1. The van der Waals surface area contributed by atoms with Crippen LogP contribution in [0, 0.1) is 11.8 Å². The van der Waals surface area contributed by atoms with Crippen molar-refractivity contribution in [3.8, 4) is 0 Å². The predicted molar refractivity (Wildman–Crippen MR) is 93.5 cm³/mol. The molecule has 22 heavy (non-hydrogen) atoms. The van der Waals surface area contributed by atoms with Crippen LogP contribution in [0.2, 0.25) is 25.2 Å². The van der Waals surface area contributed by atoms with Crippen molar-refractivity contribution >= 4 is 22.9 Å². The van der Waals surface area contributed by atoms with Gasteiger partial charge in [-0.3, -0.25) is 4.79 Å². The summed E-state index contributed by atoms with van der Waals surface area (Å²) in [6.07, 6.45) is 1.63. The lowest BCUT2D eigenvalue weighted by molar-refractivity contribution is -0.126. The summed E-state index contributed by atoms with van der Waals surface area (Å²) in [7, 11) is 2.57. The Morgan fingerprint density at radius 1 is 0.773 bits per heavy atom. The summed E-state index contributed by atoms with van der Waals surface area (Å²) in [4.78, 5) is 12.5. The van der Waals surface area contributed by atoms with Gasteiger partial charge in [-0.05, 0) is 38.0 Å². The van der Waals surface area contributed by atoms with Crippen LogP contribution in [0.3, 0.4) is 0 Å². The molecule has 0 saturated heterocycles. The van der Waals surface area contributed by atoms with Crippen LogP contribution in [0.5, 0.6) is 0 Å². The average molecular weight is 351 g/mol. The van der Waals surface area contributed by atoms with E-state index in [1.54, 1.807) is 28.4 Å². The van der Waals surface area contributed by atoms with Crippen molar-refractivity contribution in [3.05, 3.63) is 0 Å². The molecule has 0 aliphatic carbocycles. The fourth-order valence-electron chi connectivity index (χ4n) is 2.30. The highest BCUT2D eigenvalue weighted by Crippen LogP contribution is 2.24. The second kappa shape index (κ2) is 9.94. The molecule has 0 N–H and O–H groups in total. The van der Waals surface area contributed by atoms with Crippen molar-refractivity contribution in [2.45, 2.75) is 51.9 Å². The molecule has 0 radical (unpaired) electrons. The number of rotatable bonds is 12. The first-order valence-corrected chi connectivity index (χ1v) is 13.0. The Labute approximate surface area is 138 Å². The van der Waals surface area contributed by atoms with Crippen LogP contribution < -0.4 is 0 Å². The minimum Gasteiger partial charge on any atom is -0.398 e. The largest absolute Gasteiger partial charge is 0.398 e. The van der Waals surface area contributed by atoms with Gasteiger partial charge in [-0.25, -0.2) is 0 Å². The summed E-state index contributed by atoms with van der Waals surface area (Å²) >= 11 is 0. The zero-order valence-electron chi connectivity index (χ0n) is 15.5. The average Bonchev–Trinajstić information content (AvgIpc) is 2.56. The quantitative estimate of drug-likeness (QED) is 0.505. The minimum atomic E-state index is -2.09. The van der Waals surface area contributed by atoms with Gasteiger partial charge in [-0.1, -0.05) is 13.8 Å². The van der Waals surface area contributed by atoms with E-state index in [0.29, 0.717) is 5.78 Å². The van der Waals surface area contributed by atoms with Gasteiger partial charge in [0.1, 0.15) is 5.78 Å². The first-order valence-electron chi connectivity index (χ1n) is 7.91. The number of carbonyl (C=O) groups is 1. The topological polar surface area (TPSA) is 54.0 Å². The predicted octanol–water partition coefficient (Wildman–Crippen LogP) is 3.34. The van der Waals surface area contributed by atoms with Gasteiger partial charge < -0.3 is 17.7 Å². The third-order valence-corrected chi connectivity index (χ3v) is 10.6. The maximum absolute atomic E-state index is 12.5. The van der Waals surface area contributed by atoms with E-state index in [0.717, 1.165) is 24.9 Å². The van der Waals surface area contributed by atoms with Crippen molar-refractivity contribution in [2.75, 3.05) is 28.4 Å². The molecule has 0 aromatic rings. The van der Waals surface area contributed by atoms with E-state index in [9.17, 15) is 4.79 Å². The molecule has 0 rings (SSSR count). The van der Waals surface area contributed by atoms with Crippen LogP contribution in [0.25, 0.3) is 0 Å². The first-order chi connectivity index (χ1) is 10.2. The second-order valence-electron chi connectivity index (χ2n) is 6.37. The Kier molecular flexibility index (Phi) is 9.92. The molecular formula is C15H34O5Si2. The van der Waals surface area contributed by atoms with Crippen LogP contribution >= 0.6 is 0 Å². The lowest BCUT2D eigenvalue weighted by Crippen LogP contribution is -2.38. The number of ketones is 1. The Morgan fingerprint density at radius 2 is 1.05 bits per heavy atom. The van der Waals surface area contributed by atoms with Crippen LogP contribution in [-0.2, 0) is 22.5 Å². The van der Waals surface area contributed by atoms with Crippen molar-refractivity contribution < 1.29 is 22.5 Å². The summed E-state index contributed by atoms with van der Waals surface area (Å²) in [5.74, 6) is 0.377. The van der Waals surface area contributed by atoms with E-state index in [1.807, 2.05) is 26.9 Å². The monoisotopic (exact) mass is 350 g/mol. The van der Waals surface area contributed by atoms with Gasteiger partial charge in [0, 0.05) is 40.3 Å². The van der Waals surface area contributed by atoms with Crippen molar-refractivity contribution in [3.63, 3.8) is 0 Å². The summed E-state index contributed by atoms with van der Waals surface area (Å²) < 4.78 is 21.9. The SMILES string of the molecule is CO[Si](C)(CCC(C)C(=O)C(C)CC[Si](C)(OC)OC)OC. The standard InChI is InChI=1S/C15H34O5Si2/c1-13(9-11-21(7,17-3)18-4)15(16)14(2)10-12-22(8,19-5)20-6/h13-14H,9-12H2,1-8H3. The molecule has 0 aromatic heterocycles. The molecule has 0 spiro atoms. The molecule has 0 aliphatic heterocycles. The summed E-state index contributed by atoms with van der Waals surface area (Å²) in [5, 5.41) is 0. The molecular weight excluding hydrogens is 316 g/mol. The molecule has 0 aromatic carbocycles. The maximum Gasteiger partial charge on any atom is 0.334 e. The van der Waals surface area contributed by atoms with Gasteiger partial charge in [0.15, 0.2) is 0 Å². The summed E-state index contributed by atoms with van der Waals surface area (Å²) in [6, 6.07) is 1.67. The lowest BCUT2D eigenvalue weighted by Gasteiger charge is -2.26. The molecule has 0 fully saturated rings. The molecule has 2 atom stereocenters. The van der Waals surface area contributed by atoms with Crippen molar-refractivity contribution in [1.29, 1.82) is 0 Å². The third-order valence-electron chi connectivity index (χ3n) is 4.76. The number of hydrogen-bond donors (Lipinski definition) is 0.